The number of rotatable bonds is 3. The monoisotopic (exact) mass is 316 g/mol. The molecule has 2 aromatic carbocycles. The number of aromatic nitrogens is 2. The molecule has 0 radical (unpaired) electrons. The molecule has 3 nitrogen and oxygen atoms in total. The second-order valence-electron chi connectivity index (χ2n) is 4.46. The van der Waals surface area contributed by atoms with Gasteiger partial charge in [-0.1, -0.05) is 28.1 Å². The smallest absolute Gasteiger partial charge is 0.120 e. The average molecular weight is 317 g/mol. The molecule has 0 atom stereocenters. The molecule has 3 rings (SSSR count). The van der Waals surface area contributed by atoms with E-state index in [1.807, 2.05) is 31.6 Å². The summed E-state index contributed by atoms with van der Waals surface area (Å²) in [6.07, 6.45) is 3.77. The van der Waals surface area contributed by atoms with E-state index >= 15 is 0 Å². The Bertz CT molecular complexity index is 721. The zero-order chi connectivity index (χ0) is 13.2. The van der Waals surface area contributed by atoms with Crippen molar-refractivity contribution in [3.8, 4) is 5.75 Å². The fourth-order valence-corrected chi connectivity index (χ4v) is 2.38. The minimum absolute atomic E-state index is 0.538. The maximum absolute atomic E-state index is 5.78. The first-order valence-electron chi connectivity index (χ1n) is 6.00. The van der Waals surface area contributed by atoms with Gasteiger partial charge in [0.2, 0.25) is 0 Å². The van der Waals surface area contributed by atoms with Crippen LogP contribution in [-0.4, -0.2) is 9.78 Å². The second-order valence-corrected chi connectivity index (χ2v) is 5.38. The lowest BCUT2D eigenvalue weighted by Crippen LogP contribution is -1.94. The highest BCUT2D eigenvalue weighted by Crippen LogP contribution is 2.24. The Morgan fingerprint density at radius 2 is 1.95 bits per heavy atom. The Morgan fingerprint density at radius 1 is 1.16 bits per heavy atom. The summed E-state index contributed by atoms with van der Waals surface area (Å²) < 4.78 is 8.64. The van der Waals surface area contributed by atoms with Gasteiger partial charge >= 0.3 is 0 Å². The summed E-state index contributed by atoms with van der Waals surface area (Å²) >= 11 is 3.47. The first kappa shape index (κ1) is 12.2. The SMILES string of the molecule is Cn1cc(COc2ccc3cc(Br)ccc3c2)cn1. The summed E-state index contributed by atoms with van der Waals surface area (Å²) in [6, 6.07) is 12.3. The van der Waals surface area contributed by atoms with Crippen LogP contribution < -0.4 is 4.74 Å². The largest absolute Gasteiger partial charge is 0.489 e. The van der Waals surface area contributed by atoms with Gasteiger partial charge in [0.1, 0.15) is 12.4 Å². The minimum atomic E-state index is 0.538. The highest BCUT2D eigenvalue weighted by atomic mass is 79.9. The van der Waals surface area contributed by atoms with Crippen LogP contribution in [0.15, 0.2) is 53.3 Å². The van der Waals surface area contributed by atoms with Gasteiger partial charge in [-0.05, 0) is 35.0 Å². The predicted octanol–water partition coefficient (Wildman–Crippen LogP) is 3.91. The van der Waals surface area contributed by atoms with Crippen molar-refractivity contribution in [1.29, 1.82) is 0 Å². The molecular formula is C15H13BrN2O. The molecule has 4 heteroatoms. The summed E-state index contributed by atoms with van der Waals surface area (Å²) in [7, 11) is 1.90. The molecule has 0 saturated carbocycles. The summed E-state index contributed by atoms with van der Waals surface area (Å²) in [5.74, 6) is 0.874. The Balaban J connectivity index is 1.79. The van der Waals surface area contributed by atoms with Gasteiger partial charge in [-0.3, -0.25) is 4.68 Å². The fraction of sp³-hybridized carbons (Fsp3) is 0.133. The maximum Gasteiger partial charge on any atom is 0.120 e. The Labute approximate surface area is 119 Å². The molecule has 0 bridgehead atoms. The van der Waals surface area contributed by atoms with Crippen LogP contribution in [0.1, 0.15) is 5.56 Å². The Hall–Kier alpha value is -1.81. The van der Waals surface area contributed by atoms with Gasteiger partial charge < -0.3 is 4.74 Å². The fourth-order valence-electron chi connectivity index (χ4n) is 2.00. The third kappa shape index (κ3) is 2.79. The van der Waals surface area contributed by atoms with Crippen LogP contribution in [0.3, 0.4) is 0 Å². The van der Waals surface area contributed by atoms with Gasteiger partial charge in [0.25, 0.3) is 0 Å². The molecule has 0 amide bonds. The van der Waals surface area contributed by atoms with E-state index in [1.165, 1.54) is 10.8 Å². The summed E-state index contributed by atoms with van der Waals surface area (Å²) in [5.41, 5.74) is 1.07. The van der Waals surface area contributed by atoms with E-state index in [4.69, 9.17) is 4.74 Å². The van der Waals surface area contributed by atoms with E-state index in [-0.39, 0.29) is 0 Å². The van der Waals surface area contributed by atoms with Crippen molar-refractivity contribution in [3.05, 3.63) is 58.8 Å². The quantitative estimate of drug-likeness (QED) is 0.732. The van der Waals surface area contributed by atoms with Gasteiger partial charge in [0.05, 0.1) is 6.20 Å². The topological polar surface area (TPSA) is 27.1 Å². The van der Waals surface area contributed by atoms with Crippen LogP contribution >= 0.6 is 15.9 Å². The second kappa shape index (κ2) is 5.05. The van der Waals surface area contributed by atoms with E-state index in [2.05, 4.69) is 45.3 Å². The first-order valence-corrected chi connectivity index (χ1v) is 6.80. The normalized spacial score (nSPS) is 10.8. The molecule has 0 aliphatic heterocycles. The van der Waals surface area contributed by atoms with Crippen LogP contribution in [0, 0.1) is 0 Å². The summed E-state index contributed by atoms with van der Waals surface area (Å²) in [5, 5.41) is 6.49. The lowest BCUT2D eigenvalue weighted by Gasteiger charge is -2.06. The van der Waals surface area contributed by atoms with Crippen LogP contribution in [-0.2, 0) is 13.7 Å². The van der Waals surface area contributed by atoms with Crippen molar-refractivity contribution < 1.29 is 4.74 Å². The van der Waals surface area contributed by atoms with Gasteiger partial charge in [-0.25, -0.2) is 0 Å². The number of hydrogen-bond acceptors (Lipinski definition) is 2. The molecule has 0 unspecified atom stereocenters. The molecule has 1 aromatic heterocycles. The molecule has 0 aliphatic carbocycles. The van der Waals surface area contributed by atoms with Gasteiger partial charge in [-0.2, -0.15) is 5.10 Å². The number of aryl methyl sites for hydroxylation is 1. The Kier molecular flexibility index (Phi) is 3.25. The van der Waals surface area contributed by atoms with Crippen molar-refractivity contribution in [2.24, 2.45) is 7.05 Å². The van der Waals surface area contributed by atoms with E-state index in [0.717, 1.165) is 15.8 Å². The molecule has 0 N–H and O–H groups in total. The van der Waals surface area contributed by atoms with Crippen molar-refractivity contribution >= 4 is 26.7 Å². The van der Waals surface area contributed by atoms with Crippen molar-refractivity contribution in [2.75, 3.05) is 0 Å². The van der Waals surface area contributed by atoms with E-state index < -0.39 is 0 Å². The van der Waals surface area contributed by atoms with Crippen molar-refractivity contribution in [2.45, 2.75) is 6.61 Å². The maximum atomic E-state index is 5.78. The van der Waals surface area contributed by atoms with Crippen molar-refractivity contribution in [3.63, 3.8) is 0 Å². The van der Waals surface area contributed by atoms with Crippen LogP contribution in [0.2, 0.25) is 0 Å². The molecule has 19 heavy (non-hydrogen) atoms. The van der Waals surface area contributed by atoms with E-state index in [0.29, 0.717) is 6.61 Å². The molecule has 96 valence electrons. The lowest BCUT2D eigenvalue weighted by molar-refractivity contribution is 0.306. The summed E-state index contributed by atoms with van der Waals surface area (Å²) in [4.78, 5) is 0. The third-order valence-electron chi connectivity index (χ3n) is 2.94. The van der Waals surface area contributed by atoms with Crippen LogP contribution in [0.4, 0.5) is 0 Å². The number of benzene rings is 2. The molecule has 1 heterocycles. The van der Waals surface area contributed by atoms with E-state index in [9.17, 15) is 0 Å². The zero-order valence-corrected chi connectivity index (χ0v) is 12.1. The number of ether oxygens (including phenoxy) is 1. The molecule has 0 aliphatic rings. The highest BCUT2D eigenvalue weighted by Gasteiger charge is 2.00. The molecule has 0 spiro atoms. The van der Waals surface area contributed by atoms with Gasteiger partial charge in [-0.15, -0.1) is 0 Å². The average Bonchev–Trinajstić information content (AvgIpc) is 2.82. The number of nitrogens with zero attached hydrogens (tertiary/aromatic N) is 2. The molecule has 0 fully saturated rings. The minimum Gasteiger partial charge on any atom is -0.489 e. The molecule has 3 aromatic rings. The standard InChI is InChI=1S/C15H13BrN2O/c1-18-9-11(8-17-18)10-19-15-5-3-12-6-14(16)4-2-13(12)7-15/h2-9H,10H2,1H3. The zero-order valence-electron chi connectivity index (χ0n) is 10.5. The van der Waals surface area contributed by atoms with Gasteiger partial charge in [0.15, 0.2) is 0 Å². The lowest BCUT2D eigenvalue weighted by atomic mass is 10.1. The Morgan fingerprint density at radius 3 is 2.74 bits per heavy atom. The van der Waals surface area contributed by atoms with Crippen molar-refractivity contribution in [1.82, 2.24) is 9.78 Å². The highest BCUT2D eigenvalue weighted by molar-refractivity contribution is 9.10. The number of fused-ring (bicyclic) bond motifs is 1. The number of halogens is 1. The molecule has 0 saturated heterocycles. The van der Waals surface area contributed by atoms with Gasteiger partial charge in [0, 0.05) is 23.3 Å². The number of hydrogen-bond donors (Lipinski definition) is 0. The third-order valence-corrected chi connectivity index (χ3v) is 3.43. The first-order chi connectivity index (χ1) is 9.20. The van der Waals surface area contributed by atoms with Crippen LogP contribution in [0.5, 0.6) is 5.75 Å². The predicted molar refractivity (Wildman–Crippen MR) is 79.2 cm³/mol. The summed E-state index contributed by atoms with van der Waals surface area (Å²) in [6.45, 7) is 0.538. The molecular weight excluding hydrogens is 304 g/mol. The van der Waals surface area contributed by atoms with E-state index in [1.54, 1.807) is 4.68 Å². The van der Waals surface area contributed by atoms with Crippen LogP contribution in [0.25, 0.3) is 10.8 Å².